The van der Waals surface area contributed by atoms with Crippen molar-refractivity contribution in [3.63, 3.8) is 0 Å². The maximum absolute atomic E-state index is 12.6. The van der Waals surface area contributed by atoms with Gasteiger partial charge < -0.3 is 10.6 Å². The summed E-state index contributed by atoms with van der Waals surface area (Å²) in [5.41, 5.74) is 4.31. The first-order chi connectivity index (χ1) is 13.5. The van der Waals surface area contributed by atoms with Crippen LogP contribution >= 0.6 is 15.9 Å². The Balaban J connectivity index is 1.62. The van der Waals surface area contributed by atoms with Crippen LogP contribution in [0.2, 0.25) is 0 Å². The van der Waals surface area contributed by atoms with E-state index in [1.54, 1.807) is 6.07 Å². The lowest BCUT2D eigenvalue weighted by Crippen LogP contribution is -2.33. The van der Waals surface area contributed by atoms with Gasteiger partial charge in [-0.2, -0.15) is 0 Å². The number of rotatable bonds is 6. The van der Waals surface area contributed by atoms with Gasteiger partial charge in [-0.3, -0.25) is 9.59 Å². The molecule has 142 valence electrons. The summed E-state index contributed by atoms with van der Waals surface area (Å²) in [7, 11) is 0. The second-order valence-corrected chi connectivity index (χ2v) is 7.43. The Labute approximate surface area is 173 Å². The van der Waals surface area contributed by atoms with E-state index in [-0.39, 0.29) is 18.4 Å². The molecule has 4 nitrogen and oxygen atoms in total. The highest BCUT2D eigenvalue weighted by molar-refractivity contribution is 9.10. The zero-order valence-electron chi connectivity index (χ0n) is 15.5. The number of carbonyl (C=O) groups is 2. The Kier molecular flexibility index (Phi) is 6.61. The Bertz CT molecular complexity index is 987. The van der Waals surface area contributed by atoms with E-state index in [9.17, 15) is 9.59 Å². The van der Waals surface area contributed by atoms with E-state index in [0.29, 0.717) is 12.0 Å². The van der Waals surface area contributed by atoms with Crippen molar-refractivity contribution < 1.29 is 9.59 Å². The molecule has 2 amide bonds. The summed E-state index contributed by atoms with van der Waals surface area (Å²) in [4.78, 5) is 24.9. The van der Waals surface area contributed by atoms with Crippen LogP contribution in [-0.2, 0) is 11.2 Å². The van der Waals surface area contributed by atoms with E-state index in [2.05, 4.69) is 26.6 Å². The number of anilines is 1. The highest BCUT2D eigenvalue weighted by atomic mass is 79.9. The first kappa shape index (κ1) is 19.8. The average Bonchev–Trinajstić information content (AvgIpc) is 2.69. The molecule has 0 radical (unpaired) electrons. The summed E-state index contributed by atoms with van der Waals surface area (Å²) < 4.78 is 0.950. The third-order valence-corrected chi connectivity index (χ3v) is 4.86. The third-order valence-electron chi connectivity index (χ3n) is 4.37. The molecule has 0 unspecified atom stereocenters. The number of aryl methyl sites for hydroxylation is 1. The number of carbonyl (C=O) groups excluding carboxylic acids is 2. The Hall–Kier alpha value is -2.92. The van der Waals surface area contributed by atoms with Gasteiger partial charge in [0.25, 0.3) is 5.91 Å². The van der Waals surface area contributed by atoms with E-state index >= 15 is 0 Å². The van der Waals surface area contributed by atoms with Crippen LogP contribution in [0.3, 0.4) is 0 Å². The van der Waals surface area contributed by atoms with Crippen molar-refractivity contribution in [2.75, 3.05) is 11.9 Å². The standard InChI is InChI=1S/C23H21BrN2O2/c1-16-13-19(24)11-12-21(16)26-22(27)15-25-23(28)20-10-6-5-9-18(20)14-17-7-3-2-4-8-17/h2-13H,14-15H2,1H3,(H,25,28)(H,26,27). The number of benzene rings is 3. The van der Waals surface area contributed by atoms with E-state index in [1.165, 1.54) is 0 Å². The molecular formula is C23H21BrN2O2. The van der Waals surface area contributed by atoms with Crippen molar-refractivity contribution in [3.8, 4) is 0 Å². The normalized spacial score (nSPS) is 10.4. The van der Waals surface area contributed by atoms with Gasteiger partial charge >= 0.3 is 0 Å². The molecule has 0 aliphatic heterocycles. The summed E-state index contributed by atoms with van der Waals surface area (Å²) in [5, 5.41) is 5.54. The minimum absolute atomic E-state index is 0.0893. The maximum atomic E-state index is 12.6. The molecular weight excluding hydrogens is 416 g/mol. The highest BCUT2D eigenvalue weighted by Crippen LogP contribution is 2.20. The Morgan fingerprint density at radius 2 is 1.64 bits per heavy atom. The zero-order chi connectivity index (χ0) is 19.9. The maximum Gasteiger partial charge on any atom is 0.252 e. The SMILES string of the molecule is Cc1cc(Br)ccc1NC(=O)CNC(=O)c1ccccc1Cc1ccccc1. The number of nitrogens with one attached hydrogen (secondary N) is 2. The van der Waals surface area contributed by atoms with Gasteiger partial charge in [0, 0.05) is 15.7 Å². The largest absolute Gasteiger partial charge is 0.343 e. The number of amides is 2. The molecule has 0 fully saturated rings. The molecule has 0 aliphatic carbocycles. The molecule has 0 aromatic heterocycles. The predicted octanol–water partition coefficient (Wildman–Crippen LogP) is 4.72. The monoisotopic (exact) mass is 436 g/mol. The highest BCUT2D eigenvalue weighted by Gasteiger charge is 2.13. The Morgan fingerprint density at radius 1 is 0.929 bits per heavy atom. The zero-order valence-corrected chi connectivity index (χ0v) is 17.1. The van der Waals surface area contributed by atoms with E-state index in [4.69, 9.17) is 0 Å². The number of hydrogen-bond acceptors (Lipinski definition) is 2. The van der Waals surface area contributed by atoms with Gasteiger partial charge in [-0.15, -0.1) is 0 Å². The third kappa shape index (κ3) is 5.30. The number of hydrogen-bond donors (Lipinski definition) is 2. The summed E-state index contributed by atoms with van der Waals surface area (Å²) in [6.07, 6.45) is 0.661. The lowest BCUT2D eigenvalue weighted by Gasteiger charge is -2.12. The van der Waals surface area contributed by atoms with Crippen molar-refractivity contribution in [2.24, 2.45) is 0 Å². The fraction of sp³-hybridized carbons (Fsp3) is 0.130. The Morgan fingerprint density at radius 3 is 2.39 bits per heavy atom. The fourth-order valence-corrected chi connectivity index (χ4v) is 3.40. The summed E-state index contributed by atoms with van der Waals surface area (Å²) in [6.45, 7) is 1.83. The van der Waals surface area contributed by atoms with Crippen molar-refractivity contribution in [1.29, 1.82) is 0 Å². The summed E-state index contributed by atoms with van der Waals surface area (Å²) >= 11 is 3.40. The lowest BCUT2D eigenvalue weighted by atomic mass is 9.99. The molecule has 3 rings (SSSR count). The van der Waals surface area contributed by atoms with Gasteiger partial charge in [0.2, 0.25) is 5.91 Å². The first-order valence-electron chi connectivity index (χ1n) is 8.99. The van der Waals surface area contributed by atoms with Crippen molar-refractivity contribution in [1.82, 2.24) is 5.32 Å². The molecule has 0 saturated carbocycles. The molecule has 0 saturated heterocycles. The summed E-state index contributed by atoms with van der Waals surface area (Å²) in [5.74, 6) is -0.520. The summed E-state index contributed by atoms with van der Waals surface area (Å²) in [6, 6.07) is 23.1. The van der Waals surface area contributed by atoms with Gasteiger partial charge in [0.1, 0.15) is 0 Å². The van der Waals surface area contributed by atoms with Crippen LogP contribution in [0.25, 0.3) is 0 Å². The van der Waals surface area contributed by atoms with Crippen LogP contribution in [0.1, 0.15) is 27.0 Å². The van der Waals surface area contributed by atoms with Crippen LogP contribution in [0, 0.1) is 6.92 Å². The molecule has 0 spiro atoms. The van der Waals surface area contributed by atoms with Crippen LogP contribution < -0.4 is 10.6 Å². The molecule has 0 atom stereocenters. The second-order valence-electron chi connectivity index (χ2n) is 6.51. The van der Waals surface area contributed by atoms with Gasteiger partial charge in [-0.05, 0) is 54.3 Å². The van der Waals surface area contributed by atoms with Crippen LogP contribution in [0.5, 0.6) is 0 Å². The molecule has 28 heavy (non-hydrogen) atoms. The van der Waals surface area contributed by atoms with Crippen molar-refractivity contribution in [3.05, 3.63) is 99.5 Å². The van der Waals surface area contributed by atoms with Gasteiger partial charge in [-0.1, -0.05) is 64.5 Å². The smallest absolute Gasteiger partial charge is 0.252 e. The van der Waals surface area contributed by atoms with Crippen molar-refractivity contribution >= 4 is 33.4 Å². The minimum Gasteiger partial charge on any atom is -0.343 e. The van der Waals surface area contributed by atoms with Gasteiger partial charge in [0.15, 0.2) is 0 Å². The first-order valence-corrected chi connectivity index (χ1v) is 9.78. The molecule has 3 aromatic carbocycles. The quantitative estimate of drug-likeness (QED) is 0.587. The minimum atomic E-state index is -0.265. The predicted molar refractivity (Wildman–Crippen MR) is 116 cm³/mol. The van der Waals surface area contributed by atoms with Crippen molar-refractivity contribution in [2.45, 2.75) is 13.3 Å². The second kappa shape index (κ2) is 9.33. The lowest BCUT2D eigenvalue weighted by molar-refractivity contribution is -0.115. The van der Waals surface area contributed by atoms with Gasteiger partial charge in [0.05, 0.1) is 6.54 Å². The average molecular weight is 437 g/mol. The topological polar surface area (TPSA) is 58.2 Å². The van der Waals surface area contributed by atoms with Crippen LogP contribution in [-0.4, -0.2) is 18.4 Å². The van der Waals surface area contributed by atoms with Gasteiger partial charge in [-0.25, -0.2) is 0 Å². The number of halogens is 1. The molecule has 5 heteroatoms. The van der Waals surface area contributed by atoms with E-state index in [0.717, 1.165) is 26.9 Å². The molecule has 0 bridgehead atoms. The van der Waals surface area contributed by atoms with Crippen LogP contribution in [0.4, 0.5) is 5.69 Å². The molecule has 0 heterocycles. The van der Waals surface area contributed by atoms with Crippen LogP contribution in [0.15, 0.2) is 77.3 Å². The molecule has 0 aliphatic rings. The fourth-order valence-electron chi connectivity index (χ4n) is 2.93. The molecule has 3 aromatic rings. The van der Waals surface area contributed by atoms with E-state index < -0.39 is 0 Å². The van der Waals surface area contributed by atoms with E-state index in [1.807, 2.05) is 73.7 Å². The molecule has 2 N–H and O–H groups in total.